The Morgan fingerprint density at radius 2 is 1.79 bits per heavy atom. The molecule has 0 fully saturated rings. The lowest BCUT2D eigenvalue weighted by molar-refractivity contribution is -0.139. The van der Waals surface area contributed by atoms with E-state index in [-0.39, 0.29) is 24.2 Å². The number of hydrogen-bond donors (Lipinski definition) is 1. The molecule has 0 radical (unpaired) electrons. The maximum atomic E-state index is 13.6. The van der Waals surface area contributed by atoms with Crippen LogP contribution in [0, 0.1) is 0 Å². The number of rotatable bonds is 11. The van der Waals surface area contributed by atoms with Crippen molar-refractivity contribution < 1.29 is 22.7 Å². The fourth-order valence-electron chi connectivity index (χ4n) is 3.31. The van der Waals surface area contributed by atoms with E-state index < -0.39 is 28.5 Å². The molecule has 2 amide bonds. The highest BCUT2D eigenvalue weighted by Crippen LogP contribution is 2.29. The van der Waals surface area contributed by atoms with Crippen LogP contribution in [-0.2, 0) is 26.2 Å². The number of carbonyl (C=O) groups excluding carboxylic acids is 2. The number of methoxy groups -OCH3 is 1. The minimum atomic E-state index is -3.83. The molecule has 2 aromatic carbocycles. The molecule has 0 aliphatic heterocycles. The second-order valence-corrected chi connectivity index (χ2v) is 10.9. The molecule has 0 bridgehead atoms. The van der Waals surface area contributed by atoms with E-state index in [0.29, 0.717) is 5.75 Å². The van der Waals surface area contributed by atoms with Gasteiger partial charge in [0.2, 0.25) is 21.8 Å². The zero-order chi connectivity index (χ0) is 25.5. The van der Waals surface area contributed by atoms with Crippen LogP contribution >= 0.6 is 15.9 Å². The number of halogens is 1. The lowest BCUT2D eigenvalue weighted by Gasteiger charge is -2.32. The summed E-state index contributed by atoms with van der Waals surface area (Å²) in [5.41, 5.74) is 1.05. The van der Waals surface area contributed by atoms with Crippen molar-refractivity contribution in [3.8, 4) is 5.75 Å². The normalized spacial score (nSPS) is 13.0. The molecule has 0 heterocycles. The molecule has 0 aromatic heterocycles. The van der Waals surface area contributed by atoms with Crippen molar-refractivity contribution >= 4 is 43.5 Å². The van der Waals surface area contributed by atoms with E-state index >= 15 is 0 Å². The molecule has 10 heteroatoms. The number of anilines is 1. The molecule has 0 unspecified atom stereocenters. The van der Waals surface area contributed by atoms with Gasteiger partial charge in [-0.3, -0.25) is 13.9 Å². The minimum absolute atomic E-state index is 0.0566. The Balaban J connectivity index is 2.42. The Morgan fingerprint density at radius 3 is 2.38 bits per heavy atom. The second-order valence-electron chi connectivity index (χ2n) is 8.09. The Morgan fingerprint density at radius 1 is 1.12 bits per heavy atom. The molecule has 0 saturated heterocycles. The monoisotopic (exact) mass is 553 g/mol. The van der Waals surface area contributed by atoms with Gasteiger partial charge in [-0.1, -0.05) is 47.1 Å². The van der Waals surface area contributed by atoms with Gasteiger partial charge in [0.25, 0.3) is 0 Å². The fraction of sp³-hybridized carbons (Fsp3) is 0.417. The van der Waals surface area contributed by atoms with Crippen LogP contribution in [0.3, 0.4) is 0 Å². The third kappa shape index (κ3) is 7.46. The topological polar surface area (TPSA) is 96.0 Å². The van der Waals surface area contributed by atoms with Gasteiger partial charge in [-0.15, -0.1) is 0 Å². The molecule has 2 atom stereocenters. The van der Waals surface area contributed by atoms with Gasteiger partial charge >= 0.3 is 0 Å². The number of para-hydroxylation sites is 2. The number of nitrogens with zero attached hydrogens (tertiary/aromatic N) is 2. The summed E-state index contributed by atoms with van der Waals surface area (Å²) < 4.78 is 32.5. The standard InChI is InChI=1S/C24H32BrN3O5S/c1-6-17(2)26-24(30)18(3)27(15-19-10-9-11-20(25)14-19)23(29)16-28(34(5,31)32)21-12-7-8-13-22(21)33-4/h7-14,17-18H,6,15-16H2,1-5H3,(H,26,30)/t17-,18-/m1/s1. The van der Waals surface area contributed by atoms with Crippen LogP contribution in [0.15, 0.2) is 53.0 Å². The highest BCUT2D eigenvalue weighted by atomic mass is 79.9. The summed E-state index contributed by atoms with van der Waals surface area (Å²) in [5, 5.41) is 2.90. The quantitative estimate of drug-likeness (QED) is 0.459. The summed E-state index contributed by atoms with van der Waals surface area (Å²) in [7, 11) is -2.40. The number of amides is 2. The van der Waals surface area contributed by atoms with Gasteiger partial charge in [-0.25, -0.2) is 8.42 Å². The predicted molar refractivity (Wildman–Crippen MR) is 137 cm³/mol. The van der Waals surface area contributed by atoms with Crippen molar-refractivity contribution in [2.75, 3.05) is 24.2 Å². The van der Waals surface area contributed by atoms with Crippen LogP contribution < -0.4 is 14.4 Å². The summed E-state index contributed by atoms with van der Waals surface area (Å²) in [6.07, 6.45) is 1.78. The molecule has 2 rings (SSSR count). The number of carbonyl (C=O) groups is 2. The molecule has 0 aliphatic rings. The number of ether oxygens (including phenoxy) is 1. The lowest BCUT2D eigenvalue weighted by atomic mass is 10.1. The third-order valence-electron chi connectivity index (χ3n) is 5.44. The first kappa shape index (κ1) is 27.7. The van der Waals surface area contributed by atoms with Crippen molar-refractivity contribution in [3.05, 3.63) is 58.6 Å². The summed E-state index contributed by atoms with van der Waals surface area (Å²) in [6, 6.07) is 13.1. The van der Waals surface area contributed by atoms with Crippen molar-refractivity contribution in [1.29, 1.82) is 0 Å². The van der Waals surface area contributed by atoms with Crippen molar-refractivity contribution in [3.63, 3.8) is 0 Å². The number of sulfonamides is 1. The summed E-state index contributed by atoms with van der Waals surface area (Å²) in [6.45, 7) is 5.14. The second kappa shape index (κ2) is 12.2. The van der Waals surface area contributed by atoms with Crippen molar-refractivity contribution in [1.82, 2.24) is 10.2 Å². The average molecular weight is 555 g/mol. The average Bonchev–Trinajstić information content (AvgIpc) is 2.79. The number of benzene rings is 2. The van der Waals surface area contributed by atoms with Gasteiger partial charge in [0.15, 0.2) is 0 Å². The first-order chi connectivity index (χ1) is 16.0. The van der Waals surface area contributed by atoms with Crippen LogP contribution in [0.4, 0.5) is 5.69 Å². The van der Waals surface area contributed by atoms with Gasteiger partial charge in [-0.2, -0.15) is 0 Å². The Kier molecular flexibility index (Phi) is 9.93. The molecule has 0 spiro atoms. The van der Waals surface area contributed by atoms with Gasteiger partial charge in [0, 0.05) is 17.1 Å². The van der Waals surface area contributed by atoms with Crippen LogP contribution in [0.5, 0.6) is 5.75 Å². The molecule has 2 aromatic rings. The molecule has 1 N–H and O–H groups in total. The number of nitrogens with one attached hydrogen (secondary N) is 1. The van der Waals surface area contributed by atoms with Crippen LogP contribution in [0.25, 0.3) is 0 Å². The highest BCUT2D eigenvalue weighted by Gasteiger charge is 2.31. The summed E-state index contributed by atoms with van der Waals surface area (Å²) in [5.74, 6) is -0.495. The van der Waals surface area contributed by atoms with Gasteiger partial charge in [-0.05, 0) is 50.1 Å². The fourth-order valence-corrected chi connectivity index (χ4v) is 4.61. The van der Waals surface area contributed by atoms with Crippen molar-refractivity contribution in [2.24, 2.45) is 0 Å². The molecule has 0 saturated carbocycles. The summed E-state index contributed by atoms with van der Waals surface area (Å²) >= 11 is 3.43. The molecular weight excluding hydrogens is 522 g/mol. The molecular formula is C24H32BrN3O5S. The van der Waals surface area contributed by atoms with Crippen LogP contribution in [-0.4, -0.2) is 57.1 Å². The van der Waals surface area contributed by atoms with E-state index in [4.69, 9.17) is 4.74 Å². The van der Waals surface area contributed by atoms with Gasteiger partial charge < -0.3 is 15.0 Å². The van der Waals surface area contributed by atoms with Crippen LogP contribution in [0.1, 0.15) is 32.8 Å². The van der Waals surface area contributed by atoms with E-state index in [9.17, 15) is 18.0 Å². The lowest BCUT2D eigenvalue weighted by Crippen LogP contribution is -2.52. The molecule has 186 valence electrons. The first-order valence-electron chi connectivity index (χ1n) is 10.9. The van der Waals surface area contributed by atoms with Crippen molar-refractivity contribution in [2.45, 2.75) is 45.8 Å². The van der Waals surface area contributed by atoms with Gasteiger partial charge in [0.1, 0.15) is 18.3 Å². The summed E-state index contributed by atoms with van der Waals surface area (Å²) in [4.78, 5) is 27.8. The smallest absolute Gasteiger partial charge is 0.244 e. The first-order valence-corrected chi connectivity index (χ1v) is 13.6. The van der Waals surface area contributed by atoms with Gasteiger partial charge in [0.05, 0.1) is 19.1 Å². The van der Waals surface area contributed by atoms with E-state index in [0.717, 1.165) is 27.0 Å². The SMILES string of the molecule is CC[C@@H](C)NC(=O)[C@@H](C)N(Cc1cccc(Br)c1)C(=O)CN(c1ccccc1OC)S(C)(=O)=O. The maximum absolute atomic E-state index is 13.6. The largest absolute Gasteiger partial charge is 0.495 e. The molecule has 0 aliphatic carbocycles. The van der Waals surface area contributed by atoms with Crippen LogP contribution in [0.2, 0.25) is 0 Å². The molecule has 34 heavy (non-hydrogen) atoms. The van der Waals surface area contributed by atoms with E-state index in [1.165, 1.54) is 12.0 Å². The zero-order valence-electron chi connectivity index (χ0n) is 20.1. The third-order valence-corrected chi connectivity index (χ3v) is 7.06. The minimum Gasteiger partial charge on any atom is -0.495 e. The predicted octanol–water partition coefficient (Wildman–Crippen LogP) is 3.56. The highest BCUT2D eigenvalue weighted by molar-refractivity contribution is 9.10. The number of hydrogen-bond acceptors (Lipinski definition) is 5. The Bertz CT molecular complexity index is 1110. The Hall–Kier alpha value is -2.59. The van der Waals surface area contributed by atoms with E-state index in [1.807, 2.05) is 38.1 Å². The zero-order valence-corrected chi connectivity index (χ0v) is 22.5. The van der Waals surface area contributed by atoms with E-state index in [2.05, 4.69) is 21.2 Å². The molecule has 8 nitrogen and oxygen atoms in total. The maximum Gasteiger partial charge on any atom is 0.244 e. The van der Waals surface area contributed by atoms with E-state index in [1.54, 1.807) is 31.2 Å². The Labute approximate surface area is 210 Å².